The summed E-state index contributed by atoms with van der Waals surface area (Å²) in [6, 6.07) is 6.64. The Morgan fingerprint density at radius 3 is 2.73 bits per heavy atom. The fourth-order valence-corrected chi connectivity index (χ4v) is 3.91. The molecule has 3 rings (SSSR count). The van der Waals surface area contributed by atoms with Gasteiger partial charge in [-0.3, -0.25) is 0 Å². The van der Waals surface area contributed by atoms with Crippen LogP contribution in [0, 0.1) is 5.92 Å². The van der Waals surface area contributed by atoms with Gasteiger partial charge in [-0.05, 0) is 49.8 Å². The second kappa shape index (κ2) is 6.59. The lowest BCUT2D eigenvalue weighted by molar-refractivity contribution is -0.137. The smallest absolute Gasteiger partial charge is 0.314 e. The summed E-state index contributed by atoms with van der Waals surface area (Å²) < 4.78 is 38.2. The Balaban J connectivity index is 1.60. The van der Waals surface area contributed by atoms with E-state index in [0.29, 0.717) is 30.1 Å². The normalized spacial score (nSPS) is 29.1. The van der Waals surface area contributed by atoms with E-state index < -0.39 is 11.7 Å². The molecular formula is C17H23F3N2. The third-order valence-corrected chi connectivity index (χ3v) is 5.01. The van der Waals surface area contributed by atoms with Gasteiger partial charge in [0.05, 0.1) is 5.56 Å². The van der Waals surface area contributed by atoms with E-state index in [2.05, 4.69) is 10.6 Å². The average Bonchev–Trinajstić information content (AvgIpc) is 3.15. The number of hydrogen-bond donors (Lipinski definition) is 2. The number of hydrogen-bond acceptors (Lipinski definition) is 2. The molecule has 1 saturated heterocycles. The average molecular weight is 312 g/mol. The van der Waals surface area contributed by atoms with Crippen molar-refractivity contribution in [3.63, 3.8) is 0 Å². The molecule has 0 radical (unpaired) electrons. The minimum absolute atomic E-state index is 0.421. The van der Waals surface area contributed by atoms with Crippen LogP contribution in [0.2, 0.25) is 0 Å². The van der Waals surface area contributed by atoms with Crippen molar-refractivity contribution in [3.05, 3.63) is 35.4 Å². The third-order valence-electron chi connectivity index (χ3n) is 5.01. The molecule has 3 atom stereocenters. The van der Waals surface area contributed by atoms with Gasteiger partial charge in [0.25, 0.3) is 0 Å². The van der Waals surface area contributed by atoms with Crippen molar-refractivity contribution < 1.29 is 13.2 Å². The van der Waals surface area contributed by atoms with E-state index in [1.807, 2.05) is 0 Å². The van der Waals surface area contributed by atoms with E-state index in [1.54, 1.807) is 6.07 Å². The number of alkyl halides is 3. The Labute approximate surface area is 129 Å². The van der Waals surface area contributed by atoms with Gasteiger partial charge in [0.15, 0.2) is 0 Å². The predicted molar refractivity (Wildman–Crippen MR) is 80.4 cm³/mol. The van der Waals surface area contributed by atoms with Crippen molar-refractivity contribution in [1.29, 1.82) is 0 Å². The highest BCUT2D eigenvalue weighted by atomic mass is 19.4. The van der Waals surface area contributed by atoms with Crippen LogP contribution in [0.1, 0.15) is 43.2 Å². The molecule has 1 aromatic carbocycles. The fraction of sp³-hybridized carbons (Fsp3) is 0.647. The molecule has 2 aliphatic rings. The van der Waals surface area contributed by atoms with Crippen LogP contribution in [0.3, 0.4) is 0 Å². The van der Waals surface area contributed by atoms with Gasteiger partial charge in [0.2, 0.25) is 0 Å². The van der Waals surface area contributed by atoms with Crippen LogP contribution in [-0.2, 0) is 12.7 Å². The molecular weight excluding hydrogens is 289 g/mol. The maximum Gasteiger partial charge on any atom is 0.416 e. The number of benzene rings is 1. The molecule has 0 bridgehead atoms. The summed E-state index contributed by atoms with van der Waals surface area (Å²) >= 11 is 0. The molecule has 0 spiro atoms. The van der Waals surface area contributed by atoms with Crippen LogP contribution in [0.5, 0.6) is 0 Å². The Morgan fingerprint density at radius 1 is 1.14 bits per heavy atom. The van der Waals surface area contributed by atoms with Crippen LogP contribution in [0.4, 0.5) is 13.2 Å². The summed E-state index contributed by atoms with van der Waals surface area (Å²) in [5, 5.41) is 7.06. The zero-order valence-electron chi connectivity index (χ0n) is 12.6. The highest BCUT2D eigenvalue weighted by molar-refractivity contribution is 5.25. The van der Waals surface area contributed by atoms with Gasteiger partial charge in [-0.1, -0.05) is 24.6 Å². The molecule has 1 saturated carbocycles. The number of nitrogens with one attached hydrogen (secondary N) is 2. The van der Waals surface area contributed by atoms with Crippen molar-refractivity contribution in [2.24, 2.45) is 5.92 Å². The van der Waals surface area contributed by atoms with Crippen LogP contribution in [-0.4, -0.2) is 18.6 Å². The monoisotopic (exact) mass is 312 g/mol. The third kappa shape index (κ3) is 3.63. The molecule has 1 aromatic rings. The second-order valence-corrected chi connectivity index (χ2v) is 6.48. The maximum atomic E-state index is 12.7. The van der Waals surface area contributed by atoms with Gasteiger partial charge in [-0.2, -0.15) is 13.2 Å². The van der Waals surface area contributed by atoms with Crippen molar-refractivity contribution in [1.82, 2.24) is 10.6 Å². The quantitative estimate of drug-likeness (QED) is 0.885. The first-order valence-electron chi connectivity index (χ1n) is 8.17. The summed E-state index contributed by atoms with van der Waals surface area (Å²) in [7, 11) is 0. The molecule has 2 fully saturated rings. The standard InChI is InChI=1S/C17H23F3N2/c18-17(19,20)13-5-1-4-12(10-13)11-22-16-7-2-6-14(16)15-8-3-9-21-15/h1,4-5,10,14-16,21-22H,2-3,6-9,11H2. The lowest BCUT2D eigenvalue weighted by Gasteiger charge is -2.26. The minimum Gasteiger partial charge on any atom is -0.314 e. The molecule has 5 heteroatoms. The van der Waals surface area contributed by atoms with Gasteiger partial charge >= 0.3 is 6.18 Å². The summed E-state index contributed by atoms with van der Waals surface area (Å²) in [6.45, 7) is 1.61. The Kier molecular flexibility index (Phi) is 4.73. The molecule has 3 unspecified atom stereocenters. The molecule has 1 heterocycles. The fourth-order valence-electron chi connectivity index (χ4n) is 3.91. The van der Waals surface area contributed by atoms with Crippen LogP contribution >= 0.6 is 0 Å². The van der Waals surface area contributed by atoms with Gasteiger partial charge in [-0.25, -0.2) is 0 Å². The van der Waals surface area contributed by atoms with E-state index in [1.165, 1.54) is 37.8 Å². The van der Waals surface area contributed by atoms with E-state index in [4.69, 9.17) is 0 Å². The Hall–Kier alpha value is -1.07. The van der Waals surface area contributed by atoms with Gasteiger partial charge in [0.1, 0.15) is 0 Å². The van der Waals surface area contributed by atoms with Crippen LogP contribution in [0.15, 0.2) is 24.3 Å². The summed E-state index contributed by atoms with van der Waals surface area (Å²) in [6.07, 6.45) is 1.76. The topological polar surface area (TPSA) is 24.1 Å². The van der Waals surface area contributed by atoms with E-state index in [0.717, 1.165) is 19.0 Å². The molecule has 2 nitrogen and oxygen atoms in total. The first-order valence-corrected chi connectivity index (χ1v) is 8.17. The Morgan fingerprint density at radius 2 is 2.00 bits per heavy atom. The van der Waals surface area contributed by atoms with E-state index in [9.17, 15) is 13.2 Å². The van der Waals surface area contributed by atoms with Crippen molar-refractivity contribution in [2.75, 3.05) is 6.54 Å². The van der Waals surface area contributed by atoms with Crippen molar-refractivity contribution in [3.8, 4) is 0 Å². The van der Waals surface area contributed by atoms with Crippen LogP contribution < -0.4 is 10.6 Å². The molecule has 0 aromatic heterocycles. The zero-order chi connectivity index (χ0) is 15.6. The second-order valence-electron chi connectivity index (χ2n) is 6.48. The number of halogens is 3. The predicted octanol–water partition coefficient (Wildman–Crippen LogP) is 3.72. The molecule has 22 heavy (non-hydrogen) atoms. The lowest BCUT2D eigenvalue weighted by Crippen LogP contribution is -2.41. The molecule has 2 N–H and O–H groups in total. The molecule has 122 valence electrons. The first-order chi connectivity index (χ1) is 10.5. The Bertz CT molecular complexity index is 495. The summed E-state index contributed by atoms with van der Waals surface area (Å²) in [4.78, 5) is 0. The van der Waals surface area contributed by atoms with Gasteiger partial charge in [-0.15, -0.1) is 0 Å². The molecule has 0 amide bonds. The SMILES string of the molecule is FC(F)(F)c1cccc(CNC2CCCC2C2CCCN2)c1. The first kappa shape index (κ1) is 15.8. The van der Waals surface area contributed by atoms with Gasteiger partial charge in [0, 0.05) is 18.6 Å². The molecule has 1 aliphatic carbocycles. The van der Waals surface area contributed by atoms with Crippen molar-refractivity contribution >= 4 is 0 Å². The number of rotatable bonds is 4. The molecule has 1 aliphatic heterocycles. The van der Waals surface area contributed by atoms with E-state index in [-0.39, 0.29) is 0 Å². The van der Waals surface area contributed by atoms with Gasteiger partial charge < -0.3 is 10.6 Å². The summed E-state index contributed by atoms with van der Waals surface area (Å²) in [5.74, 6) is 0.619. The minimum atomic E-state index is -4.26. The van der Waals surface area contributed by atoms with Crippen LogP contribution in [0.25, 0.3) is 0 Å². The highest BCUT2D eigenvalue weighted by Crippen LogP contribution is 2.33. The van der Waals surface area contributed by atoms with E-state index >= 15 is 0 Å². The highest BCUT2D eigenvalue weighted by Gasteiger charge is 2.34. The zero-order valence-corrected chi connectivity index (χ0v) is 12.6. The maximum absolute atomic E-state index is 12.7. The van der Waals surface area contributed by atoms with Crippen molar-refractivity contribution in [2.45, 2.75) is 56.9 Å². The summed E-state index contributed by atoms with van der Waals surface area (Å²) in [5.41, 5.74) is 0.145. The largest absolute Gasteiger partial charge is 0.416 e. The lowest BCUT2D eigenvalue weighted by atomic mass is 9.93.